The Morgan fingerprint density at radius 2 is 1.80 bits per heavy atom. The third-order valence-electron chi connectivity index (χ3n) is 5.21. The smallest absolute Gasteiger partial charge is 0.166 e. The molecule has 1 aliphatic carbocycles. The largest absolute Gasteiger partial charge is 0.271 e. The van der Waals surface area contributed by atoms with Gasteiger partial charge in [0.05, 0.1) is 5.71 Å². The molecule has 2 aliphatic rings. The summed E-state index contributed by atoms with van der Waals surface area (Å²) in [6.07, 6.45) is 2.05. The number of hydrogen-bond acceptors (Lipinski definition) is 4. The van der Waals surface area contributed by atoms with Crippen molar-refractivity contribution in [2.45, 2.75) is 39.2 Å². The lowest BCUT2D eigenvalue weighted by molar-refractivity contribution is 0.661. The van der Waals surface area contributed by atoms with Crippen LogP contribution in [0.25, 0.3) is 5.00 Å². The highest BCUT2D eigenvalue weighted by molar-refractivity contribution is 7.15. The van der Waals surface area contributed by atoms with Crippen molar-refractivity contribution >= 4 is 28.6 Å². The molecule has 2 aromatic heterocycles. The molecule has 3 aromatic rings. The monoisotopic (exact) mass is 368 g/mol. The molecule has 1 saturated carbocycles. The Bertz CT molecular complexity index is 1040. The summed E-state index contributed by atoms with van der Waals surface area (Å²) < 4.78 is 2.22. The van der Waals surface area contributed by atoms with Crippen molar-refractivity contribution in [1.82, 2.24) is 14.8 Å². The number of hydrogen-bond donors (Lipinski definition) is 0. The van der Waals surface area contributed by atoms with E-state index in [1.807, 2.05) is 19.1 Å². The van der Waals surface area contributed by atoms with Gasteiger partial charge in [-0.25, -0.2) is 0 Å². The lowest BCUT2D eigenvalue weighted by Crippen LogP contribution is -2.11. The quantitative estimate of drug-likeness (QED) is 0.622. The fourth-order valence-corrected chi connectivity index (χ4v) is 4.88. The Morgan fingerprint density at radius 3 is 2.48 bits per heavy atom. The molecule has 0 bridgehead atoms. The van der Waals surface area contributed by atoms with Crippen LogP contribution in [0.15, 0.2) is 29.3 Å². The highest BCUT2D eigenvalue weighted by atomic mass is 35.5. The molecule has 4 nitrogen and oxygen atoms in total. The van der Waals surface area contributed by atoms with Crippen LogP contribution in [0.1, 0.15) is 46.1 Å². The fourth-order valence-electron chi connectivity index (χ4n) is 3.54. The number of rotatable bonds is 1. The molecule has 0 saturated heterocycles. The van der Waals surface area contributed by atoms with Crippen molar-refractivity contribution in [3.05, 3.63) is 62.5 Å². The van der Waals surface area contributed by atoms with E-state index < -0.39 is 0 Å². The molecule has 5 rings (SSSR count). The highest BCUT2D eigenvalue weighted by Crippen LogP contribution is 2.52. The summed E-state index contributed by atoms with van der Waals surface area (Å²) in [5.41, 5.74) is 4.42. The maximum absolute atomic E-state index is 6.10. The Kier molecular flexibility index (Phi) is 3.07. The van der Waals surface area contributed by atoms with Crippen LogP contribution in [0.3, 0.4) is 0 Å². The van der Waals surface area contributed by atoms with Gasteiger partial charge < -0.3 is 0 Å². The van der Waals surface area contributed by atoms with Gasteiger partial charge in [-0.1, -0.05) is 23.7 Å². The predicted octanol–water partition coefficient (Wildman–Crippen LogP) is 4.75. The molecular formula is C19H17ClN4S. The van der Waals surface area contributed by atoms with Gasteiger partial charge in [0.15, 0.2) is 5.82 Å². The van der Waals surface area contributed by atoms with Gasteiger partial charge in [-0.2, -0.15) is 0 Å². The normalized spacial score (nSPS) is 17.0. The minimum Gasteiger partial charge on any atom is -0.271 e. The van der Waals surface area contributed by atoms with E-state index in [2.05, 4.69) is 40.7 Å². The number of aryl methyl sites for hydroxylation is 2. The Labute approximate surface area is 155 Å². The molecule has 1 aromatic carbocycles. The molecule has 0 radical (unpaired) electrons. The zero-order chi connectivity index (χ0) is 17.3. The van der Waals surface area contributed by atoms with Crippen molar-refractivity contribution in [3.8, 4) is 5.00 Å². The lowest BCUT2D eigenvalue weighted by Gasteiger charge is -2.10. The van der Waals surface area contributed by atoms with Crippen molar-refractivity contribution in [2.24, 2.45) is 4.99 Å². The first-order chi connectivity index (χ1) is 12.0. The summed E-state index contributed by atoms with van der Waals surface area (Å²) >= 11 is 7.90. The first kappa shape index (κ1) is 15.3. The topological polar surface area (TPSA) is 43.1 Å². The highest BCUT2D eigenvalue weighted by Gasteiger charge is 2.51. The SMILES string of the molecule is Cc1sc2c(c1C)C(c1ccc(Cl)cc1)=NC1(CC1)c1nnc(C)n1-2. The standard InChI is InChI=1S/C19H17ClN4S/c1-10-11(2)25-17-15(10)16(13-4-6-14(20)7-5-13)21-19(8-9-19)18-23-22-12(3)24(17)18/h4-7H,8-9H2,1-3H3. The van der Waals surface area contributed by atoms with Gasteiger partial charge >= 0.3 is 0 Å². The van der Waals surface area contributed by atoms with Crippen LogP contribution in [-0.4, -0.2) is 20.5 Å². The average molecular weight is 369 g/mol. The number of halogens is 1. The Morgan fingerprint density at radius 1 is 1.08 bits per heavy atom. The minimum absolute atomic E-state index is 0.227. The van der Waals surface area contributed by atoms with Crippen molar-refractivity contribution in [3.63, 3.8) is 0 Å². The summed E-state index contributed by atoms with van der Waals surface area (Å²) in [6, 6.07) is 7.99. The Hall–Kier alpha value is -1.98. The third kappa shape index (κ3) is 2.09. The van der Waals surface area contributed by atoms with Gasteiger partial charge in [-0.3, -0.25) is 9.56 Å². The van der Waals surface area contributed by atoms with E-state index in [1.54, 1.807) is 11.3 Å². The second-order valence-electron chi connectivity index (χ2n) is 6.87. The molecule has 126 valence electrons. The summed E-state index contributed by atoms with van der Waals surface area (Å²) in [5, 5.41) is 10.8. The number of aliphatic imine (C=N–C) groups is 1. The molecule has 0 atom stereocenters. The zero-order valence-electron chi connectivity index (χ0n) is 14.3. The molecule has 0 unspecified atom stereocenters. The summed E-state index contributed by atoms with van der Waals surface area (Å²) in [6.45, 7) is 6.37. The summed E-state index contributed by atoms with van der Waals surface area (Å²) in [4.78, 5) is 6.55. The molecule has 6 heteroatoms. The van der Waals surface area contributed by atoms with Crippen LogP contribution in [0.5, 0.6) is 0 Å². The van der Waals surface area contributed by atoms with E-state index in [0.29, 0.717) is 0 Å². The number of fused-ring (bicyclic) bond motifs is 4. The average Bonchev–Trinajstić information content (AvgIpc) is 3.21. The van der Waals surface area contributed by atoms with Gasteiger partial charge in [-0.05, 0) is 51.3 Å². The van der Waals surface area contributed by atoms with Gasteiger partial charge in [0.1, 0.15) is 16.4 Å². The molecule has 1 aliphatic heterocycles. The molecule has 0 amide bonds. The number of nitrogens with zero attached hydrogens (tertiary/aromatic N) is 4. The van der Waals surface area contributed by atoms with Gasteiger partial charge in [0, 0.05) is 21.0 Å². The maximum Gasteiger partial charge on any atom is 0.166 e. The summed E-state index contributed by atoms with van der Waals surface area (Å²) in [5.74, 6) is 1.91. The predicted molar refractivity (Wildman–Crippen MR) is 101 cm³/mol. The van der Waals surface area contributed by atoms with E-state index >= 15 is 0 Å². The van der Waals surface area contributed by atoms with Crippen LogP contribution in [0.4, 0.5) is 0 Å². The molecule has 0 N–H and O–H groups in total. The Balaban J connectivity index is 1.86. The molecule has 25 heavy (non-hydrogen) atoms. The third-order valence-corrected chi connectivity index (χ3v) is 6.66. The first-order valence-corrected chi connectivity index (χ1v) is 9.59. The van der Waals surface area contributed by atoms with E-state index in [0.717, 1.165) is 40.8 Å². The van der Waals surface area contributed by atoms with Crippen LogP contribution in [0, 0.1) is 20.8 Å². The van der Waals surface area contributed by atoms with Crippen molar-refractivity contribution in [1.29, 1.82) is 0 Å². The van der Waals surface area contributed by atoms with Gasteiger partial charge in [0.25, 0.3) is 0 Å². The molecular weight excluding hydrogens is 352 g/mol. The second-order valence-corrected chi connectivity index (χ2v) is 8.51. The zero-order valence-corrected chi connectivity index (χ0v) is 15.9. The summed E-state index contributed by atoms with van der Waals surface area (Å²) in [7, 11) is 0. The van der Waals surface area contributed by atoms with E-state index in [9.17, 15) is 0 Å². The lowest BCUT2D eigenvalue weighted by atomic mass is 10.00. The number of benzene rings is 1. The molecule has 1 spiro atoms. The molecule has 3 heterocycles. The second kappa shape index (κ2) is 5.02. The molecule has 1 fully saturated rings. The van der Waals surface area contributed by atoms with E-state index in [-0.39, 0.29) is 5.54 Å². The van der Waals surface area contributed by atoms with Crippen LogP contribution >= 0.6 is 22.9 Å². The van der Waals surface area contributed by atoms with Gasteiger partial charge in [0.2, 0.25) is 0 Å². The van der Waals surface area contributed by atoms with Gasteiger partial charge in [-0.15, -0.1) is 21.5 Å². The van der Waals surface area contributed by atoms with E-state index in [4.69, 9.17) is 16.6 Å². The number of thiophene rings is 1. The number of aromatic nitrogens is 3. The van der Waals surface area contributed by atoms with Crippen LogP contribution in [0.2, 0.25) is 5.02 Å². The van der Waals surface area contributed by atoms with Crippen molar-refractivity contribution < 1.29 is 0 Å². The van der Waals surface area contributed by atoms with Crippen LogP contribution in [-0.2, 0) is 5.54 Å². The maximum atomic E-state index is 6.10. The fraction of sp³-hybridized carbons (Fsp3) is 0.316. The van der Waals surface area contributed by atoms with Crippen LogP contribution < -0.4 is 0 Å². The van der Waals surface area contributed by atoms with Crippen molar-refractivity contribution in [2.75, 3.05) is 0 Å². The first-order valence-electron chi connectivity index (χ1n) is 8.39. The van der Waals surface area contributed by atoms with E-state index in [1.165, 1.54) is 21.0 Å². The minimum atomic E-state index is -0.227.